The third-order valence-electron chi connectivity index (χ3n) is 4.14. The minimum atomic E-state index is -0.481. The average molecular weight is 350 g/mol. The van der Waals surface area contributed by atoms with Gasteiger partial charge in [-0.25, -0.2) is 4.79 Å². The number of carbonyl (C=O) groups excluding carboxylic acids is 2. The zero-order valence-corrected chi connectivity index (χ0v) is 15.2. The number of esters is 1. The van der Waals surface area contributed by atoms with Crippen molar-refractivity contribution in [1.82, 2.24) is 10.2 Å². The summed E-state index contributed by atoms with van der Waals surface area (Å²) in [4.78, 5) is 26.9. The Morgan fingerprint density at radius 1 is 1.42 bits per heavy atom. The van der Waals surface area contributed by atoms with Gasteiger partial charge in [0.15, 0.2) is 0 Å². The Bertz CT molecular complexity index is 538. The van der Waals surface area contributed by atoms with Gasteiger partial charge in [0.1, 0.15) is 6.04 Å². The zero-order valence-electron chi connectivity index (χ0n) is 14.4. The Hall–Kier alpha value is -1.53. The van der Waals surface area contributed by atoms with Gasteiger partial charge < -0.3 is 15.0 Å². The monoisotopic (exact) mass is 350 g/mol. The summed E-state index contributed by atoms with van der Waals surface area (Å²) in [5.74, 6) is 0.522. The fraction of sp³-hybridized carbons (Fsp3) is 0.556. The van der Waals surface area contributed by atoms with Crippen molar-refractivity contribution in [3.05, 3.63) is 35.9 Å². The van der Waals surface area contributed by atoms with Crippen LogP contribution in [0.15, 0.2) is 30.3 Å². The van der Waals surface area contributed by atoms with E-state index in [1.54, 1.807) is 23.6 Å². The second-order valence-corrected chi connectivity index (χ2v) is 6.76. The van der Waals surface area contributed by atoms with Crippen molar-refractivity contribution in [3.63, 3.8) is 0 Å². The number of rotatable bonds is 8. The molecule has 6 heteroatoms. The molecule has 1 heterocycles. The van der Waals surface area contributed by atoms with Crippen LogP contribution in [0, 0.1) is 0 Å². The molecule has 0 bridgehead atoms. The van der Waals surface area contributed by atoms with E-state index in [4.69, 9.17) is 4.74 Å². The predicted molar refractivity (Wildman–Crippen MR) is 97.1 cm³/mol. The summed E-state index contributed by atoms with van der Waals surface area (Å²) < 4.78 is 5.19. The number of nitrogens with one attached hydrogen (secondary N) is 1. The molecule has 1 N–H and O–H groups in total. The highest BCUT2D eigenvalue weighted by molar-refractivity contribution is 7.98. The molecule has 1 aliphatic rings. The lowest BCUT2D eigenvalue weighted by molar-refractivity contribution is -0.156. The molecular formula is C18H26N2O3S. The van der Waals surface area contributed by atoms with E-state index in [0.29, 0.717) is 32.5 Å². The molecule has 1 aromatic rings. The van der Waals surface area contributed by atoms with Crippen molar-refractivity contribution in [2.75, 3.05) is 31.7 Å². The van der Waals surface area contributed by atoms with Gasteiger partial charge in [0.2, 0.25) is 5.91 Å². The number of thioether (sulfide) groups is 1. The molecule has 1 aromatic carbocycles. The highest BCUT2D eigenvalue weighted by Gasteiger charge is 2.36. The van der Waals surface area contributed by atoms with E-state index in [1.807, 2.05) is 36.6 Å². The maximum Gasteiger partial charge on any atom is 0.328 e. The molecule has 0 saturated carbocycles. The van der Waals surface area contributed by atoms with Crippen LogP contribution >= 0.6 is 11.8 Å². The van der Waals surface area contributed by atoms with E-state index in [-0.39, 0.29) is 17.9 Å². The first kappa shape index (κ1) is 18.8. The highest BCUT2D eigenvalue weighted by Crippen LogP contribution is 2.16. The van der Waals surface area contributed by atoms with Gasteiger partial charge in [0.05, 0.1) is 12.6 Å². The molecule has 0 radical (unpaired) electrons. The normalized spacial score (nSPS) is 19.2. The van der Waals surface area contributed by atoms with Gasteiger partial charge in [0, 0.05) is 13.1 Å². The van der Waals surface area contributed by atoms with Crippen LogP contribution in [0.25, 0.3) is 0 Å². The lowest BCUT2D eigenvalue weighted by Gasteiger charge is -2.37. The van der Waals surface area contributed by atoms with Gasteiger partial charge in [-0.1, -0.05) is 30.3 Å². The number of carbonyl (C=O) groups is 2. The van der Waals surface area contributed by atoms with Crippen LogP contribution in [0.1, 0.15) is 18.9 Å². The summed E-state index contributed by atoms with van der Waals surface area (Å²) in [6.45, 7) is 3.37. The van der Waals surface area contributed by atoms with Gasteiger partial charge in [-0.3, -0.25) is 4.79 Å². The van der Waals surface area contributed by atoms with Crippen LogP contribution in [0.2, 0.25) is 0 Å². The van der Waals surface area contributed by atoms with E-state index in [1.165, 1.54) is 0 Å². The van der Waals surface area contributed by atoms with Crippen molar-refractivity contribution in [2.24, 2.45) is 0 Å². The summed E-state index contributed by atoms with van der Waals surface area (Å²) in [5.41, 5.74) is 1.11. The van der Waals surface area contributed by atoms with Crippen LogP contribution in [-0.4, -0.2) is 60.6 Å². The number of nitrogens with zero attached hydrogens (tertiary/aromatic N) is 1. The van der Waals surface area contributed by atoms with Crippen LogP contribution in [0.5, 0.6) is 0 Å². The molecule has 0 spiro atoms. The first-order valence-electron chi connectivity index (χ1n) is 8.40. The fourth-order valence-corrected chi connectivity index (χ4v) is 3.40. The molecule has 0 unspecified atom stereocenters. The summed E-state index contributed by atoms with van der Waals surface area (Å²) in [6.07, 6.45) is 3.26. The number of amides is 1. The van der Waals surface area contributed by atoms with Gasteiger partial charge >= 0.3 is 5.97 Å². The van der Waals surface area contributed by atoms with Gasteiger partial charge in [-0.05, 0) is 37.3 Å². The number of hydrogen-bond donors (Lipinski definition) is 1. The summed E-state index contributed by atoms with van der Waals surface area (Å²) in [6, 6.07) is 9.18. The Labute approximate surface area is 148 Å². The SMILES string of the molecule is CCOC(=O)[C@H](CCSC)N1CCN[C@H](Cc2ccccc2)C1=O. The molecule has 132 valence electrons. The molecule has 5 nitrogen and oxygen atoms in total. The van der Waals surface area contributed by atoms with Gasteiger partial charge in [0.25, 0.3) is 0 Å². The maximum absolute atomic E-state index is 12.9. The van der Waals surface area contributed by atoms with Crippen molar-refractivity contribution in [1.29, 1.82) is 0 Å². The summed E-state index contributed by atoms with van der Waals surface area (Å²) in [5, 5.41) is 3.28. The van der Waals surface area contributed by atoms with Crippen LogP contribution in [0.4, 0.5) is 0 Å². The Balaban J connectivity index is 2.08. The topological polar surface area (TPSA) is 58.6 Å². The van der Waals surface area contributed by atoms with Crippen molar-refractivity contribution < 1.29 is 14.3 Å². The lowest BCUT2D eigenvalue weighted by atomic mass is 10.0. The minimum Gasteiger partial charge on any atom is -0.464 e. The predicted octanol–water partition coefficient (Wildman–Crippen LogP) is 1.71. The van der Waals surface area contributed by atoms with E-state index >= 15 is 0 Å². The van der Waals surface area contributed by atoms with E-state index < -0.39 is 6.04 Å². The van der Waals surface area contributed by atoms with Gasteiger partial charge in [-0.2, -0.15) is 11.8 Å². The van der Waals surface area contributed by atoms with Crippen LogP contribution in [-0.2, 0) is 20.7 Å². The summed E-state index contributed by atoms with van der Waals surface area (Å²) >= 11 is 1.67. The molecule has 2 atom stereocenters. The first-order valence-corrected chi connectivity index (χ1v) is 9.80. The molecule has 0 aromatic heterocycles. The first-order chi connectivity index (χ1) is 11.7. The molecule has 1 saturated heterocycles. The average Bonchev–Trinajstić information content (AvgIpc) is 2.59. The Morgan fingerprint density at radius 3 is 2.83 bits per heavy atom. The van der Waals surface area contributed by atoms with Crippen LogP contribution in [0.3, 0.4) is 0 Å². The van der Waals surface area contributed by atoms with Crippen molar-refractivity contribution >= 4 is 23.6 Å². The number of benzene rings is 1. The molecule has 0 aliphatic carbocycles. The summed E-state index contributed by atoms with van der Waals surface area (Å²) in [7, 11) is 0. The molecule has 1 aliphatic heterocycles. The number of piperazine rings is 1. The zero-order chi connectivity index (χ0) is 17.4. The number of hydrogen-bond acceptors (Lipinski definition) is 5. The molecular weight excluding hydrogens is 324 g/mol. The highest BCUT2D eigenvalue weighted by atomic mass is 32.2. The molecule has 1 fully saturated rings. The Morgan fingerprint density at radius 2 is 2.17 bits per heavy atom. The standard InChI is InChI=1S/C18H26N2O3S/c1-3-23-18(22)16(9-12-24-2)20-11-10-19-15(17(20)21)13-14-7-5-4-6-8-14/h4-8,15-16,19H,3,9-13H2,1-2H3/t15-,16+/m1/s1. The van der Waals surface area contributed by atoms with Crippen LogP contribution < -0.4 is 5.32 Å². The minimum absolute atomic E-state index is 0.00995. The second-order valence-electron chi connectivity index (χ2n) is 5.78. The van der Waals surface area contributed by atoms with E-state index in [9.17, 15) is 9.59 Å². The largest absolute Gasteiger partial charge is 0.464 e. The van der Waals surface area contributed by atoms with E-state index in [2.05, 4.69) is 5.32 Å². The third kappa shape index (κ3) is 4.98. The molecule has 24 heavy (non-hydrogen) atoms. The maximum atomic E-state index is 12.9. The number of ether oxygens (including phenoxy) is 1. The van der Waals surface area contributed by atoms with E-state index in [0.717, 1.165) is 11.3 Å². The second kappa shape index (κ2) is 9.69. The third-order valence-corrected chi connectivity index (χ3v) is 4.78. The molecule has 2 rings (SSSR count). The fourth-order valence-electron chi connectivity index (χ4n) is 2.94. The smallest absolute Gasteiger partial charge is 0.328 e. The lowest BCUT2D eigenvalue weighted by Crippen LogP contribution is -2.60. The van der Waals surface area contributed by atoms with Gasteiger partial charge in [-0.15, -0.1) is 0 Å². The molecule has 1 amide bonds. The Kier molecular flexibility index (Phi) is 7.59. The van der Waals surface area contributed by atoms with Crippen molar-refractivity contribution in [2.45, 2.75) is 31.8 Å². The quantitative estimate of drug-likeness (QED) is 0.724. The van der Waals surface area contributed by atoms with Crippen molar-refractivity contribution in [3.8, 4) is 0 Å².